The Bertz CT molecular complexity index is 445. The minimum Gasteiger partial charge on any atom is -0.309 e. The molecular formula is C19H32N2. The molecule has 0 spiro atoms. The lowest BCUT2D eigenvalue weighted by Gasteiger charge is -2.41. The van der Waals surface area contributed by atoms with Crippen LogP contribution in [0.4, 0.5) is 0 Å². The Kier molecular flexibility index (Phi) is 5.83. The Hall–Kier alpha value is -0.860. The van der Waals surface area contributed by atoms with E-state index in [9.17, 15) is 0 Å². The van der Waals surface area contributed by atoms with Crippen molar-refractivity contribution in [1.29, 1.82) is 0 Å². The fourth-order valence-corrected chi connectivity index (χ4v) is 3.78. The molecule has 3 unspecified atom stereocenters. The van der Waals surface area contributed by atoms with Gasteiger partial charge in [-0.1, -0.05) is 37.1 Å². The minimum absolute atomic E-state index is 0.443. The number of nitrogens with one attached hydrogen (secondary N) is 1. The monoisotopic (exact) mass is 288 g/mol. The van der Waals surface area contributed by atoms with Crippen LogP contribution in [0.15, 0.2) is 18.2 Å². The molecule has 1 saturated heterocycles. The zero-order chi connectivity index (χ0) is 15.4. The predicted molar refractivity (Wildman–Crippen MR) is 91.8 cm³/mol. The van der Waals surface area contributed by atoms with E-state index in [0.29, 0.717) is 18.1 Å². The number of hydrogen-bond donors (Lipinski definition) is 1. The number of likely N-dealkylation sites (tertiary alicyclic amines) is 1. The van der Waals surface area contributed by atoms with Crippen LogP contribution in [-0.4, -0.2) is 30.1 Å². The standard InChI is InChI=1S/C19H32N2/c1-6-20-19(18-11-10-14(2)12-15(18)3)13-21-16(4)8-7-9-17(21)5/h10-12,16-17,19-20H,6-9,13H2,1-5H3. The molecule has 1 aliphatic rings. The van der Waals surface area contributed by atoms with E-state index in [2.05, 4.69) is 63.0 Å². The number of rotatable bonds is 5. The number of likely N-dealkylation sites (N-methyl/N-ethyl adjacent to an activating group) is 1. The first-order chi connectivity index (χ1) is 10.0. The van der Waals surface area contributed by atoms with Crippen molar-refractivity contribution in [3.63, 3.8) is 0 Å². The Morgan fingerprint density at radius 2 is 1.86 bits per heavy atom. The van der Waals surface area contributed by atoms with Crippen LogP contribution in [0.3, 0.4) is 0 Å². The van der Waals surface area contributed by atoms with E-state index >= 15 is 0 Å². The van der Waals surface area contributed by atoms with Crippen molar-refractivity contribution < 1.29 is 0 Å². The van der Waals surface area contributed by atoms with Crippen LogP contribution < -0.4 is 5.32 Å². The van der Waals surface area contributed by atoms with Gasteiger partial charge >= 0.3 is 0 Å². The number of nitrogens with zero attached hydrogens (tertiary/aromatic N) is 1. The van der Waals surface area contributed by atoms with Gasteiger partial charge in [-0.25, -0.2) is 0 Å². The summed E-state index contributed by atoms with van der Waals surface area (Å²) in [6.07, 6.45) is 4.07. The van der Waals surface area contributed by atoms with E-state index in [-0.39, 0.29) is 0 Å². The third-order valence-electron chi connectivity index (χ3n) is 5.02. The Labute approximate surface area is 130 Å². The highest BCUT2D eigenvalue weighted by molar-refractivity contribution is 5.33. The highest BCUT2D eigenvalue weighted by Crippen LogP contribution is 2.27. The lowest BCUT2D eigenvalue weighted by Crippen LogP contribution is -2.47. The molecule has 1 aliphatic heterocycles. The van der Waals surface area contributed by atoms with Crippen molar-refractivity contribution in [3.8, 4) is 0 Å². The summed E-state index contributed by atoms with van der Waals surface area (Å²) >= 11 is 0. The summed E-state index contributed by atoms with van der Waals surface area (Å²) in [6, 6.07) is 8.73. The van der Waals surface area contributed by atoms with E-state index in [1.165, 1.54) is 36.0 Å². The first-order valence-corrected chi connectivity index (χ1v) is 8.59. The van der Waals surface area contributed by atoms with Gasteiger partial charge in [0.25, 0.3) is 0 Å². The Morgan fingerprint density at radius 3 is 2.43 bits per heavy atom. The molecule has 1 aromatic rings. The SMILES string of the molecule is CCNC(CN1C(C)CCCC1C)c1ccc(C)cc1C. The Balaban J connectivity index is 2.18. The van der Waals surface area contributed by atoms with Crippen LogP contribution in [0, 0.1) is 13.8 Å². The number of hydrogen-bond acceptors (Lipinski definition) is 2. The zero-order valence-corrected chi connectivity index (χ0v) is 14.4. The molecule has 0 aromatic heterocycles. The third-order valence-corrected chi connectivity index (χ3v) is 5.02. The molecule has 1 N–H and O–H groups in total. The summed E-state index contributed by atoms with van der Waals surface area (Å²) in [5, 5.41) is 3.71. The quantitative estimate of drug-likeness (QED) is 0.873. The highest BCUT2D eigenvalue weighted by atomic mass is 15.2. The summed E-state index contributed by atoms with van der Waals surface area (Å²) in [7, 11) is 0. The van der Waals surface area contributed by atoms with Crippen molar-refractivity contribution in [2.24, 2.45) is 0 Å². The summed E-state index contributed by atoms with van der Waals surface area (Å²) in [4.78, 5) is 2.70. The second-order valence-electron chi connectivity index (χ2n) is 6.80. The molecule has 1 fully saturated rings. The zero-order valence-electron chi connectivity index (χ0n) is 14.4. The fourth-order valence-electron chi connectivity index (χ4n) is 3.78. The second-order valence-corrected chi connectivity index (χ2v) is 6.80. The average Bonchev–Trinajstić information content (AvgIpc) is 2.42. The first kappa shape index (κ1) is 16.5. The lowest BCUT2D eigenvalue weighted by atomic mass is 9.94. The molecule has 2 nitrogen and oxygen atoms in total. The minimum atomic E-state index is 0.443. The molecule has 3 atom stereocenters. The van der Waals surface area contributed by atoms with Crippen molar-refractivity contribution in [1.82, 2.24) is 10.2 Å². The molecule has 0 saturated carbocycles. The molecule has 0 amide bonds. The van der Waals surface area contributed by atoms with Gasteiger partial charge in [0.1, 0.15) is 0 Å². The molecule has 21 heavy (non-hydrogen) atoms. The molecule has 1 aromatic carbocycles. The maximum absolute atomic E-state index is 3.71. The van der Waals surface area contributed by atoms with Gasteiger partial charge in [0.15, 0.2) is 0 Å². The normalized spacial score (nSPS) is 25.0. The van der Waals surface area contributed by atoms with Crippen LogP contribution >= 0.6 is 0 Å². The molecule has 0 aliphatic carbocycles. The molecule has 1 heterocycles. The summed E-state index contributed by atoms with van der Waals surface area (Å²) in [6.45, 7) is 13.6. The van der Waals surface area contributed by atoms with Gasteiger partial charge in [0.2, 0.25) is 0 Å². The Morgan fingerprint density at radius 1 is 1.19 bits per heavy atom. The van der Waals surface area contributed by atoms with Gasteiger partial charge in [0.05, 0.1) is 0 Å². The van der Waals surface area contributed by atoms with E-state index in [1.54, 1.807) is 0 Å². The predicted octanol–water partition coefficient (Wildman–Crippen LogP) is 4.22. The average molecular weight is 288 g/mol. The third kappa shape index (κ3) is 4.08. The maximum Gasteiger partial charge on any atom is 0.0452 e. The van der Waals surface area contributed by atoms with Gasteiger partial charge in [-0.15, -0.1) is 0 Å². The van der Waals surface area contributed by atoms with Crippen LogP contribution in [-0.2, 0) is 0 Å². The molecular weight excluding hydrogens is 256 g/mol. The van der Waals surface area contributed by atoms with Crippen molar-refractivity contribution in [2.75, 3.05) is 13.1 Å². The lowest BCUT2D eigenvalue weighted by molar-refractivity contribution is 0.0910. The van der Waals surface area contributed by atoms with Gasteiger partial charge in [-0.05, 0) is 58.2 Å². The smallest absolute Gasteiger partial charge is 0.0452 e. The van der Waals surface area contributed by atoms with Crippen LogP contribution in [0.5, 0.6) is 0 Å². The largest absolute Gasteiger partial charge is 0.309 e. The second kappa shape index (κ2) is 7.42. The van der Waals surface area contributed by atoms with Crippen molar-refractivity contribution >= 4 is 0 Å². The topological polar surface area (TPSA) is 15.3 Å². The van der Waals surface area contributed by atoms with E-state index in [1.807, 2.05) is 0 Å². The van der Waals surface area contributed by atoms with Crippen molar-refractivity contribution in [2.45, 2.75) is 72.0 Å². The highest BCUT2D eigenvalue weighted by Gasteiger charge is 2.27. The number of aryl methyl sites for hydroxylation is 2. The van der Waals surface area contributed by atoms with Crippen LogP contribution in [0.25, 0.3) is 0 Å². The molecule has 0 bridgehead atoms. The maximum atomic E-state index is 3.71. The summed E-state index contributed by atoms with van der Waals surface area (Å²) in [5.41, 5.74) is 4.23. The summed E-state index contributed by atoms with van der Waals surface area (Å²) < 4.78 is 0. The van der Waals surface area contributed by atoms with Gasteiger partial charge in [-0.2, -0.15) is 0 Å². The van der Waals surface area contributed by atoms with Crippen molar-refractivity contribution in [3.05, 3.63) is 34.9 Å². The van der Waals surface area contributed by atoms with E-state index < -0.39 is 0 Å². The van der Waals surface area contributed by atoms with E-state index in [0.717, 1.165) is 13.1 Å². The number of benzene rings is 1. The molecule has 118 valence electrons. The van der Waals surface area contributed by atoms with Crippen LogP contribution in [0.1, 0.15) is 62.8 Å². The van der Waals surface area contributed by atoms with Gasteiger partial charge in [-0.3, -0.25) is 4.90 Å². The molecule has 2 rings (SSSR count). The number of piperidine rings is 1. The summed E-state index contributed by atoms with van der Waals surface area (Å²) in [5.74, 6) is 0. The van der Waals surface area contributed by atoms with Crippen LogP contribution in [0.2, 0.25) is 0 Å². The molecule has 0 radical (unpaired) electrons. The fraction of sp³-hybridized carbons (Fsp3) is 0.684. The van der Waals surface area contributed by atoms with E-state index in [4.69, 9.17) is 0 Å². The van der Waals surface area contributed by atoms with Gasteiger partial charge in [0, 0.05) is 24.7 Å². The first-order valence-electron chi connectivity index (χ1n) is 8.59. The molecule has 2 heteroatoms. The van der Waals surface area contributed by atoms with Gasteiger partial charge < -0.3 is 5.32 Å².